The third kappa shape index (κ3) is 2.12. The molecule has 0 radical (unpaired) electrons. The summed E-state index contributed by atoms with van der Waals surface area (Å²) >= 11 is 0. The van der Waals surface area contributed by atoms with Crippen molar-refractivity contribution in [2.45, 2.75) is 52.5 Å². The van der Waals surface area contributed by atoms with E-state index in [1.807, 2.05) is 0 Å². The normalized spacial score (nSPS) is 22.8. The molecule has 1 heterocycles. The van der Waals surface area contributed by atoms with Crippen molar-refractivity contribution in [2.24, 2.45) is 0 Å². The minimum Gasteiger partial charge on any atom is -0.417 e. The fourth-order valence-electron chi connectivity index (χ4n) is 2.29. The van der Waals surface area contributed by atoms with Gasteiger partial charge in [-0.1, -0.05) is 26.5 Å². The average molecular weight is 177 g/mol. The van der Waals surface area contributed by atoms with Crippen LogP contribution in [0.1, 0.15) is 20.8 Å². The number of allylic oxidation sites excluding steroid dienone is 1. The van der Waals surface area contributed by atoms with Crippen LogP contribution >= 0.6 is 0 Å². The van der Waals surface area contributed by atoms with Crippen molar-refractivity contribution in [1.29, 1.82) is 0 Å². The highest BCUT2D eigenvalue weighted by molar-refractivity contribution is 6.78. The van der Waals surface area contributed by atoms with Crippen molar-refractivity contribution in [3.63, 3.8) is 0 Å². The molecule has 0 aromatic heterocycles. The summed E-state index contributed by atoms with van der Waals surface area (Å²) in [6.45, 7) is 15.2. The van der Waals surface area contributed by atoms with Gasteiger partial charge in [0.25, 0.3) is 6.85 Å². The van der Waals surface area contributed by atoms with Gasteiger partial charge in [0, 0.05) is 5.54 Å². The fourth-order valence-corrected chi connectivity index (χ4v) is 2.29. The van der Waals surface area contributed by atoms with Crippen molar-refractivity contribution in [1.82, 2.24) is 4.81 Å². The summed E-state index contributed by atoms with van der Waals surface area (Å²) in [6.07, 6.45) is 4.63. The summed E-state index contributed by atoms with van der Waals surface area (Å²) in [7, 11) is 0. The summed E-state index contributed by atoms with van der Waals surface area (Å²) in [5.74, 6) is 0. The molecule has 0 fully saturated rings. The zero-order valence-electron chi connectivity index (χ0n) is 9.83. The fraction of sp³-hybridized carbons (Fsp3) is 0.800. The van der Waals surface area contributed by atoms with Crippen molar-refractivity contribution >= 4 is 13.6 Å². The molecule has 72 valence electrons. The lowest BCUT2D eigenvalue weighted by molar-refractivity contribution is 0.327. The SMILES string of the molecule is CB(C)C1C=CN(C(C)(C)C)B1C. The lowest BCUT2D eigenvalue weighted by Gasteiger charge is -2.37. The first-order valence-electron chi connectivity index (χ1n) is 5.31. The Bertz CT molecular complexity index is 205. The van der Waals surface area contributed by atoms with Crippen molar-refractivity contribution in [3.8, 4) is 0 Å². The summed E-state index contributed by atoms with van der Waals surface area (Å²) in [5.41, 5.74) is 0.985. The van der Waals surface area contributed by atoms with E-state index in [1.54, 1.807) is 0 Å². The van der Waals surface area contributed by atoms with E-state index in [2.05, 4.69) is 58.3 Å². The molecule has 1 nitrogen and oxygen atoms in total. The van der Waals surface area contributed by atoms with Crippen LogP contribution in [-0.2, 0) is 0 Å². The highest BCUT2D eigenvalue weighted by Gasteiger charge is 2.37. The topological polar surface area (TPSA) is 3.24 Å². The third-order valence-corrected chi connectivity index (χ3v) is 3.01. The maximum Gasteiger partial charge on any atom is 0.250 e. The Labute approximate surface area is 83.8 Å². The Hall–Kier alpha value is -0.330. The quantitative estimate of drug-likeness (QED) is 0.556. The Balaban J connectivity index is 2.72. The molecule has 0 aromatic rings. The van der Waals surface area contributed by atoms with Gasteiger partial charge in [-0.05, 0) is 32.7 Å². The molecule has 0 bridgehead atoms. The van der Waals surface area contributed by atoms with Crippen LogP contribution in [0.3, 0.4) is 0 Å². The molecule has 13 heavy (non-hydrogen) atoms. The lowest BCUT2D eigenvalue weighted by atomic mass is 9.29. The van der Waals surface area contributed by atoms with Gasteiger partial charge in [-0.15, -0.1) is 0 Å². The predicted octanol–water partition coefficient (Wildman–Crippen LogP) is 2.90. The smallest absolute Gasteiger partial charge is 0.250 e. The van der Waals surface area contributed by atoms with Crippen molar-refractivity contribution in [2.75, 3.05) is 0 Å². The first-order valence-corrected chi connectivity index (χ1v) is 5.31. The van der Waals surface area contributed by atoms with Crippen LogP contribution in [-0.4, -0.2) is 23.9 Å². The first kappa shape index (κ1) is 10.7. The molecule has 0 aliphatic carbocycles. The van der Waals surface area contributed by atoms with Crippen LogP contribution in [0.2, 0.25) is 26.2 Å². The van der Waals surface area contributed by atoms with Crippen LogP contribution in [0.15, 0.2) is 12.3 Å². The van der Waals surface area contributed by atoms with E-state index in [4.69, 9.17) is 0 Å². The van der Waals surface area contributed by atoms with Gasteiger partial charge in [0.15, 0.2) is 0 Å². The Morgan fingerprint density at radius 1 is 1.31 bits per heavy atom. The molecule has 1 aliphatic rings. The molecule has 1 unspecified atom stereocenters. The van der Waals surface area contributed by atoms with E-state index < -0.39 is 0 Å². The molecule has 1 aliphatic heterocycles. The summed E-state index contributed by atoms with van der Waals surface area (Å²) in [4.78, 5) is 2.47. The molecule has 0 aromatic carbocycles. The van der Waals surface area contributed by atoms with Crippen LogP contribution in [0.5, 0.6) is 0 Å². The molecular weight excluding hydrogens is 156 g/mol. The van der Waals surface area contributed by atoms with E-state index in [9.17, 15) is 0 Å². The maximum absolute atomic E-state index is 2.47. The predicted molar refractivity (Wildman–Crippen MR) is 63.6 cm³/mol. The number of hydrogen-bond donors (Lipinski definition) is 0. The standard InChI is InChI=1S/C10H21B2N/c1-10(2,3)13-8-7-9(11(4)5)12(13)6/h7-9H,1-6H3. The van der Waals surface area contributed by atoms with Gasteiger partial charge in [0.1, 0.15) is 6.71 Å². The van der Waals surface area contributed by atoms with Gasteiger partial charge in [0.2, 0.25) is 0 Å². The van der Waals surface area contributed by atoms with Gasteiger partial charge in [-0.2, -0.15) is 0 Å². The minimum atomic E-state index is 0.263. The largest absolute Gasteiger partial charge is 0.417 e. The number of rotatable bonds is 1. The Kier molecular flexibility index (Phi) is 2.84. The lowest BCUT2D eigenvalue weighted by Crippen LogP contribution is -2.46. The molecule has 3 heteroatoms. The van der Waals surface area contributed by atoms with E-state index in [0.29, 0.717) is 6.85 Å². The van der Waals surface area contributed by atoms with Crippen molar-refractivity contribution in [3.05, 3.63) is 12.3 Å². The molecule has 1 rings (SSSR count). The molecule has 0 N–H and O–H groups in total. The highest BCUT2D eigenvalue weighted by Crippen LogP contribution is 2.31. The molecule has 0 spiro atoms. The van der Waals surface area contributed by atoms with Crippen LogP contribution < -0.4 is 0 Å². The monoisotopic (exact) mass is 177 g/mol. The first-order chi connectivity index (χ1) is 5.84. The summed E-state index contributed by atoms with van der Waals surface area (Å²) in [5, 5.41) is 0. The van der Waals surface area contributed by atoms with E-state index in [1.165, 1.54) is 0 Å². The summed E-state index contributed by atoms with van der Waals surface area (Å²) < 4.78 is 0. The van der Waals surface area contributed by atoms with E-state index in [0.717, 1.165) is 12.4 Å². The van der Waals surface area contributed by atoms with E-state index >= 15 is 0 Å². The van der Waals surface area contributed by atoms with Gasteiger partial charge in [-0.25, -0.2) is 0 Å². The third-order valence-electron chi connectivity index (χ3n) is 3.01. The van der Waals surface area contributed by atoms with Gasteiger partial charge in [-0.3, -0.25) is 0 Å². The minimum absolute atomic E-state index is 0.263. The zero-order valence-corrected chi connectivity index (χ0v) is 9.83. The Morgan fingerprint density at radius 2 is 1.85 bits per heavy atom. The van der Waals surface area contributed by atoms with Crippen molar-refractivity contribution < 1.29 is 0 Å². The molecule has 0 saturated carbocycles. The van der Waals surface area contributed by atoms with Crippen LogP contribution in [0, 0.1) is 0 Å². The Morgan fingerprint density at radius 3 is 2.08 bits per heavy atom. The zero-order chi connectivity index (χ0) is 10.2. The number of nitrogens with zero attached hydrogens (tertiary/aromatic N) is 1. The van der Waals surface area contributed by atoms with Gasteiger partial charge < -0.3 is 4.81 Å². The second-order valence-corrected chi connectivity index (χ2v) is 5.48. The maximum atomic E-state index is 2.47. The molecular formula is C10H21B2N. The molecule has 0 saturated heterocycles. The molecule has 0 amide bonds. The van der Waals surface area contributed by atoms with Gasteiger partial charge in [0.05, 0.1) is 0 Å². The molecule has 1 atom stereocenters. The number of hydrogen-bond acceptors (Lipinski definition) is 1. The van der Waals surface area contributed by atoms with E-state index in [-0.39, 0.29) is 5.54 Å². The average Bonchev–Trinajstić information content (AvgIpc) is 2.28. The van der Waals surface area contributed by atoms with Crippen LogP contribution in [0.4, 0.5) is 0 Å². The van der Waals surface area contributed by atoms with Gasteiger partial charge >= 0.3 is 0 Å². The summed E-state index contributed by atoms with van der Waals surface area (Å²) in [6, 6.07) is 0. The second-order valence-electron chi connectivity index (χ2n) is 5.48. The second kappa shape index (κ2) is 3.43. The highest BCUT2D eigenvalue weighted by atomic mass is 15.1. The van der Waals surface area contributed by atoms with Crippen LogP contribution in [0.25, 0.3) is 0 Å².